The molecule has 0 radical (unpaired) electrons. The van der Waals surface area contributed by atoms with Crippen LogP contribution in [0.5, 0.6) is 0 Å². The summed E-state index contributed by atoms with van der Waals surface area (Å²) >= 11 is 0. The summed E-state index contributed by atoms with van der Waals surface area (Å²) in [6.45, 7) is 5.00. The largest absolute Gasteiger partial charge is 0.467 e. The van der Waals surface area contributed by atoms with Crippen molar-refractivity contribution in [1.29, 1.82) is 0 Å². The highest BCUT2D eigenvalue weighted by atomic mass is 16.6. The quantitative estimate of drug-likeness (QED) is 0.421. The summed E-state index contributed by atoms with van der Waals surface area (Å²) in [5, 5.41) is 10.8. The first-order chi connectivity index (χ1) is 13.4. The number of furan rings is 1. The Morgan fingerprint density at radius 2 is 1.71 bits per heavy atom. The van der Waals surface area contributed by atoms with E-state index in [2.05, 4.69) is 26.0 Å². The van der Waals surface area contributed by atoms with Crippen molar-refractivity contribution in [3.05, 3.63) is 99.5 Å². The van der Waals surface area contributed by atoms with Crippen molar-refractivity contribution in [2.45, 2.75) is 32.9 Å². The van der Waals surface area contributed by atoms with E-state index >= 15 is 0 Å². The van der Waals surface area contributed by atoms with Gasteiger partial charge in [-0.3, -0.25) is 14.9 Å². The SMILES string of the molecule is CC(C)c1ccc(CN(Cc2ccco2)C(=O)c2ccc([N+](=O)[O-])cc2)cc1. The van der Waals surface area contributed by atoms with Crippen LogP contribution in [0.4, 0.5) is 5.69 Å². The first-order valence-corrected chi connectivity index (χ1v) is 9.09. The van der Waals surface area contributed by atoms with Crippen LogP contribution < -0.4 is 0 Å². The Kier molecular flexibility index (Phi) is 5.89. The minimum atomic E-state index is -0.481. The first-order valence-electron chi connectivity index (χ1n) is 9.09. The molecule has 0 N–H and O–H groups in total. The molecule has 0 spiro atoms. The third kappa shape index (κ3) is 4.65. The van der Waals surface area contributed by atoms with Crippen molar-refractivity contribution < 1.29 is 14.1 Å². The van der Waals surface area contributed by atoms with E-state index in [4.69, 9.17) is 4.42 Å². The van der Waals surface area contributed by atoms with E-state index in [9.17, 15) is 14.9 Å². The molecule has 6 nitrogen and oxygen atoms in total. The van der Waals surface area contributed by atoms with E-state index in [0.29, 0.717) is 30.3 Å². The second-order valence-electron chi connectivity index (χ2n) is 6.94. The lowest BCUT2D eigenvalue weighted by molar-refractivity contribution is -0.384. The Bertz CT molecular complexity index is 930. The second-order valence-corrected chi connectivity index (χ2v) is 6.94. The summed E-state index contributed by atoms with van der Waals surface area (Å²) in [5.74, 6) is 0.906. The van der Waals surface area contributed by atoms with Crippen LogP contribution >= 0.6 is 0 Å². The Hall–Kier alpha value is -3.41. The number of amides is 1. The lowest BCUT2D eigenvalue weighted by Gasteiger charge is -2.22. The van der Waals surface area contributed by atoms with Crippen molar-refractivity contribution in [2.75, 3.05) is 0 Å². The maximum absolute atomic E-state index is 13.0. The Morgan fingerprint density at radius 1 is 1.04 bits per heavy atom. The zero-order valence-corrected chi connectivity index (χ0v) is 15.9. The average Bonchev–Trinajstić information content (AvgIpc) is 3.20. The summed E-state index contributed by atoms with van der Waals surface area (Å²) in [7, 11) is 0. The Morgan fingerprint density at radius 3 is 2.25 bits per heavy atom. The summed E-state index contributed by atoms with van der Waals surface area (Å²) in [4.78, 5) is 25.1. The second kappa shape index (κ2) is 8.52. The predicted octanol–water partition coefficient (Wildman–Crippen LogP) is 5.15. The molecule has 0 saturated carbocycles. The third-order valence-electron chi connectivity index (χ3n) is 4.56. The van der Waals surface area contributed by atoms with Crippen LogP contribution in [0.15, 0.2) is 71.3 Å². The van der Waals surface area contributed by atoms with Gasteiger partial charge in [-0.05, 0) is 41.3 Å². The topological polar surface area (TPSA) is 76.6 Å². The summed E-state index contributed by atoms with van der Waals surface area (Å²) in [6.07, 6.45) is 1.57. The lowest BCUT2D eigenvalue weighted by atomic mass is 10.0. The van der Waals surface area contributed by atoms with Crippen molar-refractivity contribution in [1.82, 2.24) is 4.90 Å². The minimum Gasteiger partial charge on any atom is -0.467 e. The van der Waals surface area contributed by atoms with Gasteiger partial charge in [-0.15, -0.1) is 0 Å². The highest BCUT2D eigenvalue weighted by Crippen LogP contribution is 2.19. The molecular formula is C22H22N2O4. The van der Waals surface area contributed by atoms with Gasteiger partial charge in [-0.1, -0.05) is 38.1 Å². The zero-order valence-electron chi connectivity index (χ0n) is 15.9. The molecule has 0 aliphatic heterocycles. The van der Waals surface area contributed by atoms with Crippen LogP contribution in [0.25, 0.3) is 0 Å². The van der Waals surface area contributed by atoms with E-state index in [1.165, 1.54) is 29.8 Å². The van der Waals surface area contributed by atoms with E-state index in [-0.39, 0.29) is 11.6 Å². The fraction of sp³-hybridized carbons (Fsp3) is 0.227. The molecule has 2 aromatic carbocycles. The number of carbonyl (C=O) groups excluding carboxylic acids is 1. The van der Waals surface area contributed by atoms with Crippen LogP contribution in [-0.2, 0) is 13.1 Å². The molecule has 0 saturated heterocycles. The van der Waals surface area contributed by atoms with Crippen LogP contribution in [0.2, 0.25) is 0 Å². The molecule has 3 rings (SSSR count). The van der Waals surface area contributed by atoms with Crippen molar-refractivity contribution >= 4 is 11.6 Å². The molecule has 0 unspecified atom stereocenters. The summed E-state index contributed by atoms with van der Waals surface area (Å²) in [5.41, 5.74) is 2.60. The van der Waals surface area contributed by atoms with Gasteiger partial charge in [0, 0.05) is 24.2 Å². The van der Waals surface area contributed by atoms with Gasteiger partial charge in [0.05, 0.1) is 17.7 Å². The van der Waals surface area contributed by atoms with Crippen LogP contribution in [-0.4, -0.2) is 15.7 Å². The van der Waals surface area contributed by atoms with Gasteiger partial charge in [-0.25, -0.2) is 0 Å². The molecule has 0 fully saturated rings. The van der Waals surface area contributed by atoms with Gasteiger partial charge >= 0.3 is 0 Å². The predicted molar refractivity (Wildman–Crippen MR) is 106 cm³/mol. The standard InChI is InChI=1S/C22H22N2O4/c1-16(2)18-7-5-17(6-8-18)14-23(15-21-4-3-13-28-21)22(25)19-9-11-20(12-10-19)24(26)27/h3-13,16H,14-15H2,1-2H3. The molecule has 28 heavy (non-hydrogen) atoms. The van der Waals surface area contributed by atoms with Crippen LogP contribution in [0, 0.1) is 10.1 Å². The first kappa shape index (κ1) is 19.4. The number of non-ortho nitro benzene ring substituents is 1. The van der Waals surface area contributed by atoms with E-state index in [0.717, 1.165) is 5.56 Å². The number of carbonyl (C=O) groups is 1. The van der Waals surface area contributed by atoms with Gasteiger partial charge in [-0.2, -0.15) is 0 Å². The summed E-state index contributed by atoms with van der Waals surface area (Å²) < 4.78 is 5.41. The minimum absolute atomic E-state index is 0.0431. The van der Waals surface area contributed by atoms with E-state index in [1.807, 2.05) is 18.2 Å². The highest BCUT2D eigenvalue weighted by Gasteiger charge is 2.19. The number of hydrogen-bond acceptors (Lipinski definition) is 4. The molecular weight excluding hydrogens is 356 g/mol. The molecule has 144 valence electrons. The lowest BCUT2D eigenvalue weighted by Crippen LogP contribution is -2.30. The zero-order chi connectivity index (χ0) is 20.1. The molecule has 0 bridgehead atoms. The Balaban J connectivity index is 1.83. The van der Waals surface area contributed by atoms with Gasteiger partial charge in [0.1, 0.15) is 5.76 Å². The number of nitro benzene ring substituents is 1. The number of hydrogen-bond donors (Lipinski definition) is 0. The molecule has 0 atom stereocenters. The molecule has 0 aliphatic rings. The molecule has 0 aliphatic carbocycles. The smallest absolute Gasteiger partial charge is 0.269 e. The average molecular weight is 378 g/mol. The molecule has 1 heterocycles. The van der Waals surface area contributed by atoms with Gasteiger partial charge in [0.15, 0.2) is 0 Å². The molecule has 1 amide bonds. The Labute approximate surface area is 163 Å². The third-order valence-corrected chi connectivity index (χ3v) is 4.56. The molecule has 3 aromatic rings. The molecule has 6 heteroatoms. The van der Waals surface area contributed by atoms with Crippen LogP contribution in [0.3, 0.4) is 0 Å². The van der Waals surface area contributed by atoms with E-state index in [1.54, 1.807) is 17.2 Å². The number of benzene rings is 2. The maximum Gasteiger partial charge on any atom is 0.269 e. The monoisotopic (exact) mass is 378 g/mol. The van der Waals surface area contributed by atoms with Crippen molar-refractivity contribution in [2.24, 2.45) is 0 Å². The van der Waals surface area contributed by atoms with Crippen LogP contribution in [0.1, 0.15) is 47.0 Å². The van der Waals surface area contributed by atoms with Gasteiger partial charge in [0.2, 0.25) is 0 Å². The number of rotatable bonds is 7. The van der Waals surface area contributed by atoms with Crippen molar-refractivity contribution in [3.63, 3.8) is 0 Å². The van der Waals surface area contributed by atoms with Gasteiger partial charge < -0.3 is 9.32 Å². The van der Waals surface area contributed by atoms with E-state index < -0.39 is 4.92 Å². The fourth-order valence-corrected chi connectivity index (χ4v) is 2.93. The fourth-order valence-electron chi connectivity index (χ4n) is 2.93. The van der Waals surface area contributed by atoms with Crippen molar-refractivity contribution in [3.8, 4) is 0 Å². The maximum atomic E-state index is 13.0. The normalized spacial score (nSPS) is 10.8. The summed E-state index contributed by atoms with van der Waals surface area (Å²) in [6, 6.07) is 17.4. The molecule has 1 aromatic heterocycles. The number of nitrogens with zero attached hydrogens (tertiary/aromatic N) is 2. The highest BCUT2D eigenvalue weighted by molar-refractivity contribution is 5.94. The van der Waals surface area contributed by atoms with Gasteiger partial charge in [0.25, 0.3) is 11.6 Å². The number of nitro groups is 1.